The minimum absolute atomic E-state index is 0.115. The maximum atomic E-state index is 13.6. The van der Waals surface area contributed by atoms with Gasteiger partial charge in [-0.2, -0.15) is 0 Å². The van der Waals surface area contributed by atoms with Crippen molar-refractivity contribution in [3.63, 3.8) is 0 Å². The number of aromatic nitrogens is 3. The number of pyridine rings is 1. The van der Waals surface area contributed by atoms with Crippen LogP contribution in [-0.2, 0) is 4.74 Å². The van der Waals surface area contributed by atoms with E-state index in [2.05, 4.69) is 54.8 Å². The molecular weight excluding hydrogens is 456 g/mol. The topological polar surface area (TPSA) is 101 Å². The van der Waals surface area contributed by atoms with Crippen LogP contribution in [0.15, 0.2) is 12.3 Å². The van der Waals surface area contributed by atoms with Crippen LogP contribution < -0.4 is 10.2 Å². The summed E-state index contributed by atoms with van der Waals surface area (Å²) in [6.45, 7) is 16.7. The van der Waals surface area contributed by atoms with Crippen molar-refractivity contribution in [2.75, 3.05) is 43.5 Å². The Morgan fingerprint density at radius 2 is 1.92 bits per heavy atom. The van der Waals surface area contributed by atoms with Crippen molar-refractivity contribution in [3.05, 3.63) is 40.5 Å². The van der Waals surface area contributed by atoms with Crippen LogP contribution in [0.4, 0.5) is 11.6 Å². The lowest BCUT2D eigenvalue weighted by molar-refractivity contribution is 0.0505. The number of methoxy groups -OCH3 is 1. The van der Waals surface area contributed by atoms with Crippen molar-refractivity contribution in [1.29, 1.82) is 0 Å². The summed E-state index contributed by atoms with van der Waals surface area (Å²) in [4.78, 5) is 43.7. The highest BCUT2D eigenvalue weighted by Gasteiger charge is 2.38. The van der Waals surface area contributed by atoms with E-state index in [1.165, 1.54) is 7.11 Å². The first-order chi connectivity index (χ1) is 17.0. The second kappa shape index (κ2) is 11.2. The number of piperazine rings is 1. The molecular formula is C27H40N6O3. The molecule has 0 saturated carbocycles. The predicted molar refractivity (Wildman–Crippen MR) is 142 cm³/mol. The van der Waals surface area contributed by atoms with E-state index in [-0.39, 0.29) is 17.8 Å². The molecule has 3 rings (SSSR count). The number of aryl methyl sites for hydroxylation is 2. The molecule has 1 amide bonds. The molecule has 2 aromatic heterocycles. The Kier molecular flexibility index (Phi) is 8.53. The van der Waals surface area contributed by atoms with Crippen molar-refractivity contribution in [2.24, 2.45) is 0 Å². The quantitative estimate of drug-likeness (QED) is 0.425. The molecule has 9 nitrogen and oxygen atoms in total. The van der Waals surface area contributed by atoms with Gasteiger partial charge in [-0.25, -0.2) is 19.7 Å². The van der Waals surface area contributed by atoms with Crippen molar-refractivity contribution in [3.8, 4) is 0 Å². The number of carbonyl (C=O) groups excluding carboxylic acids is 2. The SMILES string of the molecule is CCCCNc1ncc(C(=O)N2CCN(c3cc(C)c(C(=O)OC)c(C)n3)CC2(C)C)nc1C(C)C. The first kappa shape index (κ1) is 27.4. The molecule has 9 heteroatoms. The lowest BCUT2D eigenvalue weighted by atomic mass is 9.97. The fourth-order valence-corrected chi connectivity index (χ4v) is 4.68. The van der Waals surface area contributed by atoms with Crippen LogP contribution >= 0.6 is 0 Å². The van der Waals surface area contributed by atoms with E-state index in [0.29, 0.717) is 36.6 Å². The van der Waals surface area contributed by atoms with Gasteiger partial charge in [0, 0.05) is 26.2 Å². The lowest BCUT2D eigenvalue weighted by Gasteiger charge is -2.47. The summed E-state index contributed by atoms with van der Waals surface area (Å²) in [7, 11) is 1.37. The van der Waals surface area contributed by atoms with E-state index < -0.39 is 5.54 Å². The van der Waals surface area contributed by atoms with Crippen molar-refractivity contribution < 1.29 is 14.3 Å². The number of nitrogens with zero attached hydrogens (tertiary/aromatic N) is 5. The Morgan fingerprint density at radius 3 is 2.50 bits per heavy atom. The molecule has 3 heterocycles. The van der Waals surface area contributed by atoms with Gasteiger partial charge in [-0.3, -0.25) is 4.79 Å². The molecule has 0 unspecified atom stereocenters. The van der Waals surface area contributed by atoms with Gasteiger partial charge in [0.25, 0.3) is 5.91 Å². The molecule has 1 aliphatic heterocycles. The molecule has 2 aromatic rings. The zero-order valence-corrected chi connectivity index (χ0v) is 22.9. The lowest BCUT2D eigenvalue weighted by Crippen LogP contribution is -2.61. The van der Waals surface area contributed by atoms with Crippen LogP contribution in [0.2, 0.25) is 0 Å². The third kappa shape index (κ3) is 5.77. The van der Waals surface area contributed by atoms with Gasteiger partial charge >= 0.3 is 5.97 Å². The molecule has 196 valence electrons. The first-order valence-electron chi connectivity index (χ1n) is 12.7. The van der Waals surface area contributed by atoms with Crippen LogP contribution in [0.1, 0.15) is 91.2 Å². The number of nitrogens with one attached hydrogen (secondary N) is 1. The highest BCUT2D eigenvalue weighted by atomic mass is 16.5. The Labute approximate surface area is 214 Å². The molecule has 1 fully saturated rings. The summed E-state index contributed by atoms with van der Waals surface area (Å²) in [6.07, 6.45) is 3.74. The number of anilines is 2. The number of hydrogen-bond donors (Lipinski definition) is 1. The molecule has 0 radical (unpaired) electrons. The number of rotatable bonds is 8. The Morgan fingerprint density at radius 1 is 1.19 bits per heavy atom. The number of unbranched alkanes of at least 4 members (excludes halogenated alkanes) is 1. The fraction of sp³-hybridized carbons (Fsp3) is 0.593. The monoisotopic (exact) mass is 496 g/mol. The summed E-state index contributed by atoms with van der Waals surface area (Å²) < 4.78 is 4.90. The van der Waals surface area contributed by atoms with E-state index in [4.69, 9.17) is 9.72 Å². The van der Waals surface area contributed by atoms with Crippen molar-refractivity contribution in [2.45, 2.75) is 72.8 Å². The second-order valence-corrected chi connectivity index (χ2v) is 10.4. The minimum atomic E-state index is -0.461. The molecule has 0 aromatic carbocycles. The number of ether oxygens (including phenoxy) is 1. The van der Waals surface area contributed by atoms with Gasteiger partial charge in [-0.15, -0.1) is 0 Å². The average molecular weight is 497 g/mol. The molecule has 1 N–H and O–H groups in total. The predicted octanol–water partition coefficient (Wildman–Crippen LogP) is 4.35. The summed E-state index contributed by atoms with van der Waals surface area (Å²) in [5, 5.41) is 3.36. The van der Waals surface area contributed by atoms with Gasteiger partial charge in [-0.1, -0.05) is 27.2 Å². The van der Waals surface area contributed by atoms with Gasteiger partial charge in [0.1, 0.15) is 17.3 Å². The van der Waals surface area contributed by atoms with Crippen LogP contribution in [0.25, 0.3) is 0 Å². The zero-order valence-electron chi connectivity index (χ0n) is 22.9. The molecule has 36 heavy (non-hydrogen) atoms. The summed E-state index contributed by atoms with van der Waals surface area (Å²) >= 11 is 0. The minimum Gasteiger partial charge on any atom is -0.465 e. The second-order valence-electron chi connectivity index (χ2n) is 10.4. The maximum Gasteiger partial charge on any atom is 0.339 e. The molecule has 0 spiro atoms. The van der Waals surface area contributed by atoms with Crippen molar-refractivity contribution in [1.82, 2.24) is 19.9 Å². The van der Waals surface area contributed by atoms with Crippen LogP contribution in [0.3, 0.4) is 0 Å². The largest absolute Gasteiger partial charge is 0.465 e. The average Bonchev–Trinajstić information content (AvgIpc) is 2.82. The Balaban J connectivity index is 1.81. The number of esters is 1. The summed E-state index contributed by atoms with van der Waals surface area (Å²) in [5.41, 5.74) is 2.68. The van der Waals surface area contributed by atoms with E-state index in [1.807, 2.05) is 24.8 Å². The Hall–Kier alpha value is -3.23. The standard InChI is InChI=1S/C27H40N6O3/c1-9-10-11-28-24-23(17(2)3)31-20(15-29-24)25(34)33-13-12-32(16-27(33,6)7)21-14-18(4)22(19(5)30-21)26(35)36-8/h14-15,17H,9-13,16H2,1-8H3,(H,28,29). The Bertz CT molecular complexity index is 1090. The van der Waals surface area contributed by atoms with Gasteiger partial charge in [0.15, 0.2) is 0 Å². The van der Waals surface area contributed by atoms with Crippen molar-refractivity contribution >= 4 is 23.5 Å². The highest BCUT2D eigenvalue weighted by Crippen LogP contribution is 2.29. The molecule has 1 aliphatic rings. The molecule has 1 saturated heterocycles. The van der Waals surface area contributed by atoms with Gasteiger partial charge in [0.05, 0.1) is 35.8 Å². The van der Waals surface area contributed by atoms with E-state index >= 15 is 0 Å². The third-order valence-electron chi connectivity index (χ3n) is 6.63. The highest BCUT2D eigenvalue weighted by molar-refractivity contribution is 5.93. The number of amides is 1. The smallest absolute Gasteiger partial charge is 0.339 e. The summed E-state index contributed by atoms with van der Waals surface area (Å²) in [5.74, 6) is 1.20. The normalized spacial score (nSPS) is 15.2. The molecule has 0 bridgehead atoms. The first-order valence-corrected chi connectivity index (χ1v) is 12.7. The van der Waals surface area contributed by atoms with Gasteiger partial charge < -0.3 is 19.9 Å². The fourth-order valence-electron chi connectivity index (χ4n) is 4.68. The van der Waals surface area contributed by atoms with Crippen LogP contribution in [0, 0.1) is 13.8 Å². The van der Waals surface area contributed by atoms with Gasteiger partial charge in [0.2, 0.25) is 0 Å². The number of carbonyl (C=O) groups is 2. The number of hydrogen-bond acceptors (Lipinski definition) is 8. The molecule has 0 aliphatic carbocycles. The van der Waals surface area contributed by atoms with Crippen LogP contribution in [0.5, 0.6) is 0 Å². The van der Waals surface area contributed by atoms with E-state index in [9.17, 15) is 9.59 Å². The van der Waals surface area contributed by atoms with Crippen LogP contribution in [-0.4, -0.2) is 70.6 Å². The van der Waals surface area contributed by atoms with E-state index in [0.717, 1.165) is 42.3 Å². The third-order valence-corrected chi connectivity index (χ3v) is 6.63. The van der Waals surface area contributed by atoms with E-state index in [1.54, 1.807) is 6.20 Å². The van der Waals surface area contributed by atoms with Gasteiger partial charge in [-0.05, 0) is 51.7 Å². The zero-order chi connectivity index (χ0) is 26.6. The maximum absolute atomic E-state index is 13.6. The molecule has 0 atom stereocenters. The summed E-state index contributed by atoms with van der Waals surface area (Å²) in [6, 6.07) is 1.91.